The molecule has 0 bridgehead atoms. The molecule has 0 aliphatic heterocycles. The van der Waals surface area contributed by atoms with E-state index in [0.29, 0.717) is 13.2 Å². The standard InChI is InChI=1S/C15H24N2O3/c1-3-4-5-10-16-15(18)17-11-12-20-14-8-6-13(19-2)7-9-14/h6-9H,3-5,10-12H2,1-2H3,(H2,16,17,18). The predicted molar refractivity (Wildman–Crippen MR) is 79.4 cm³/mol. The zero-order valence-corrected chi connectivity index (χ0v) is 12.3. The van der Waals surface area contributed by atoms with Crippen LogP contribution in [0.1, 0.15) is 26.2 Å². The van der Waals surface area contributed by atoms with Crippen LogP contribution in [0.5, 0.6) is 11.5 Å². The van der Waals surface area contributed by atoms with E-state index < -0.39 is 0 Å². The molecule has 0 radical (unpaired) electrons. The molecule has 0 saturated heterocycles. The number of carbonyl (C=O) groups is 1. The first kappa shape index (κ1) is 16.1. The van der Waals surface area contributed by atoms with E-state index in [9.17, 15) is 4.79 Å². The average Bonchev–Trinajstić information content (AvgIpc) is 2.49. The minimum atomic E-state index is -0.139. The van der Waals surface area contributed by atoms with Crippen molar-refractivity contribution in [1.82, 2.24) is 10.6 Å². The highest BCUT2D eigenvalue weighted by Gasteiger charge is 1.99. The Morgan fingerprint density at radius 1 is 1.05 bits per heavy atom. The molecule has 0 atom stereocenters. The predicted octanol–water partition coefficient (Wildman–Crippen LogP) is 2.56. The van der Waals surface area contributed by atoms with Crippen LogP contribution in [0.2, 0.25) is 0 Å². The smallest absolute Gasteiger partial charge is 0.314 e. The Labute approximate surface area is 120 Å². The highest BCUT2D eigenvalue weighted by Crippen LogP contribution is 2.16. The van der Waals surface area contributed by atoms with Crippen LogP contribution in [0.15, 0.2) is 24.3 Å². The number of methoxy groups -OCH3 is 1. The molecule has 0 saturated carbocycles. The van der Waals surface area contributed by atoms with Crippen molar-refractivity contribution in [3.8, 4) is 11.5 Å². The Morgan fingerprint density at radius 2 is 1.70 bits per heavy atom. The van der Waals surface area contributed by atoms with Gasteiger partial charge in [-0.05, 0) is 30.7 Å². The maximum atomic E-state index is 11.4. The molecule has 2 N–H and O–H groups in total. The summed E-state index contributed by atoms with van der Waals surface area (Å²) in [5.74, 6) is 1.55. The second kappa shape index (κ2) is 9.95. The first-order valence-corrected chi connectivity index (χ1v) is 7.04. The van der Waals surface area contributed by atoms with Gasteiger partial charge in [-0.3, -0.25) is 0 Å². The van der Waals surface area contributed by atoms with Gasteiger partial charge in [-0.25, -0.2) is 4.79 Å². The van der Waals surface area contributed by atoms with Gasteiger partial charge in [0.25, 0.3) is 0 Å². The monoisotopic (exact) mass is 280 g/mol. The Balaban J connectivity index is 2.07. The van der Waals surface area contributed by atoms with Gasteiger partial charge in [-0.15, -0.1) is 0 Å². The van der Waals surface area contributed by atoms with Crippen molar-refractivity contribution in [2.75, 3.05) is 26.8 Å². The van der Waals surface area contributed by atoms with Crippen molar-refractivity contribution in [3.05, 3.63) is 24.3 Å². The lowest BCUT2D eigenvalue weighted by Crippen LogP contribution is -2.38. The van der Waals surface area contributed by atoms with Crippen molar-refractivity contribution in [3.63, 3.8) is 0 Å². The lowest BCUT2D eigenvalue weighted by molar-refractivity contribution is 0.236. The summed E-state index contributed by atoms with van der Waals surface area (Å²) in [6.07, 6.45) is 3.31. The van der Waals surface area contributed by atoms with E-state index >= 15 is 0 Å². The third kappa shape index (κ3) is 6.87. The zero-order valence-electron chi connectivity index (χ0n) is 12.3. The molecule has 1 aromatic rings. The fourth-order valence-electron chi connectivity index (χ4n) is 1.64. The molecule has 1 rings (SSSR count). The summed E-state index contributed by atoms with van der Waals surface area (Å²) in [6, 6.07) is 7.21. The Morgan fingerprint density at radius 3 is 2.35 bits per heavy atom. The summed E-state index contributed by atoms with van der Waals surface area (Å²) in [4.78, 5) is 11.4. The van der Waals surface area contributed by atoms with E-state index in [2.05, 4.69) is 17.6 Å². The molecule has 0 unspecified atom stereocenters. The van der Waals surface area contributed by atoms with Crippen LogP contribution in [0.3, 0.4) is 0 Å². The number of amides is 2. The Kier molecular flexibility index (Phi) is 8.03. The molecule has 0 aromatic heterocycles. The summed E-state index contributed by atoms with van der Waals surface area (Å²) in [6.45, 7) is 3.77. The number of rotatable bonds is 9. The largest absolute Gasteiger partial charge is 0.497 e. The van der Waals surface area contributed by atoms with E-state index in [-0.39, 0.29) is 6.03 Å². The third-order valence-corrected chi connectivity index (χ3v) is 2.78. The molecular formula is C15H24N2O3. The van der Waals surface area contributed by atoms with Crippen molar-refractivity contribution in [1.29, 1.82) is 0 Å². The van der Waals surface area contributed by atoms with Gasteiger partial charge in [0.1, 0.15) is 18.1 Å². The van der Waals surface area contributed by atoms with Gasteiger partial charge >= 0.3 is 6.03 Å². The number of urea groups is 1. The van der Waals surface area contributed by atoms with E-state index in [1.165, 1.54) is 0 Å². The molecule has 112 valence electrons. The normalized spacial score (nSPS) is 9.90. The van der Waals surface area contributed by atoms with Gasteiger partial charge in [0, 0.05) is 6.54 Å². The van der Waals surface area contributed by atoms with Crippen LogP contribution in [0.25, 0.3) is 0 Å². The zero-order chi connectivity index (χ0) is 14.6. The molecule has 5 heteroatoms. The van der Waals surface area contributed by atoms with E-state index in [0.717, 1.165) is 37.3 Å². The van der Waals surface area contributed by atoms with Gasteiger partial charge in [0.15, 0.2) is 0 Å². The van der Waals surface area contributed by atoms with Gasteiger partial charge in [0.05, 0.1) is 13.7 Å². The summed E-state index contributed by atoms with van der Waals surface area (Å²) in [5.41, 5.74) is 0. The fraction of sp³-hybridized carbons (Fsp3) is 0.533. The number of hydrogen-bond donors (Lipinski definition) is 2. The number of nitrogens with one attached hydrogen (secondary N) is 2. The molecule has 0 heterocycles. The molecule has 0 fully saturated rings. The maximum Gasteiger partial charge on any atom is 0.314 e. The molecule has 0 aliphatic carbocycles. The topological polar surface area (TPSA) is 59.6 Å². The van der Waals surface area contributed by atoms with E-state index in [1.54, 1.807) is 7.11 Å². The summed E-state index contributed by atoms with van der Waals surface area (Å²) in [5, 5.41) is 5.56. The highest BCUT2D eigenvalue weighted by molar-refractivity contribution is 5.73. The van der Waals surface area contributed by atoms with E-state index in [4.69, 9.17) is 9.47 Å². The quantitative estimate of drug-likeness (QED) is 0.683. The number of unbranched alkanes of at least 4 members (excludes halogenated alkanes) is 2. The Bertz CT molecular complexity index is 379. The van der Waals surface area contributed by atoms with Gasteiger partial charge in [0.2, 0.25) is 0 Å². The second-order valence-electron chi connectivity index (χ2n) is 4.41. The SMILES string of the molecule is CCCCCNC(=O)NCCOc1ccc(OC)cc1. The van der Waals surface area contributed by atoms with Crippen LogP contribution in [-0.4, -0.2) is 32.8 Å². The molecule has 2 amide bonds. The first-order valence-electron chi connectivity index (χ1n) is 7.04. The summed E-state index contributed by atoms with van der Waals surface area (Å²) in [7, 11) is 1.62. The van der Waals surface area contributed by atoms with Crippen LogP contribution in [-0.2, 0) is 0 Å². The van der Waals surface area contributed by atoms with Gasteiger partial charge < -0.3 is 20.1 Å². The van der Waals surface area contributed by atoms with Crippen LogP contribution in [0, 0.1) is 0 Å². The van der Waals surface area contributed by atoms with Crippen LogP contribution < -0.4 is 20.1 Å². The Hall–Kier alpha value is -1.91. The lowest BCUT2D eigenvalue weighted by atomic mass is 10.2. The molecule has 0 spiro atoms. The van der Waals surface area contributed by atoms with Crippen LogP contribution >= 0.6 is 0 Å². The summed E-state index contributed by atoms with van der Waals surface area (Å²) >= 11 is 0. The van der Waals surface area contributed by atoms with E-state index in [1.807, 2.05) is 24.3 Å². The fourth-order valence-corrected chi connectivity index (χ4v) is 1.64. The number of benzene rings is 1. The first-order chi connectivity index (χ1) is 9.76. The summed E-state index contributed by atoms with van der Waals surface area (Å²) < 4.78 is 10.6. The molecule has 5 nitrogen and oxygen atoms in total. The van der Waals surface area contributed by atoms with Crippen molar-refractivity contribution in [2.45, 2.75) is 26.2 Å². The van der Waals surface area contributed by atoms with Gasteiger partial charge in [-0.1, -0.05) is 19.8 Å². The van der Waals surface area contributed by atoms with Crippen molar-refractivity contribution >= 4 is 6.03 Å². The molecule has 1 aromatic carbocycles. The number of hydrogen-bond acceptors (Lipinski definition) is 3. The molecule has 20 heavy (non-hydrogen) atoms. The molecular weight excluding hydrogens is 256 g/mol. The maximum absolute atomic E-state index is 11.4. The highest BCUT2D eigenvalue weighted by atomic mass is 16.5. The second-order valence-corrected chi connectivity index (χ2v) is 4.41. The van der Waals surface area contributed by atoms with Gasteiger partial charge in [-0.2, -0.15) is 0 Å². The third-order valence-electron chi connectivity index (χ3n) is 2.78. The minimum Gasteiger partial charge on any atom is -0.497 e. The van der Waals surface area contributed by atoms with Crippen molar-refractivity contribution in [2.24, 2.45) is 0 Å². The average molecular weight is 280 g/mol. The van der Waals surface area contributed by atoms with Crippen molar-refractivity contribution < 1.29 is 14.3 Å². The minimum absolute atomic E-state index is 0.139. The molecule has 0 aliphatic rings. The lowest BCUT2D eigenvalue weighted by Gasteiger charge is -2.09. The number of ether oxygens (including phenoxy) is 2. The number of carbonyl (C=O) groups excluding carboxylic acids is 1. The van der Waals surface area contributed by atoms with Crippen LogP contribution in [0.4, 0.5) is 4.79 Å².